The van der Waals surface area contributed by atoms with Gasteiger partial charge in [0.25, 0.3) is 5.56 Å². The standard InChI is InChI=1S/C23H19ClFN3O3/c1-13-4-9-16(22(25)26-13)21-17-10-19(30-2)20(31-3)11-18(17)23(29)28(27-21)12-14-5-7-15(24)8-6-14/h4-11H,12H2,1-3H3. The first-order valence-electron chi connectivity index (χ1n) is 9.46. The molecule has 0 spiro atoms. The molecule has 0 amide bonds. The Labute approximate surface area is 182 Å². The molecule has 2 aromatic carbocycles. The van der Waals surface area contributed by atoms with Crippen LogP contribution in [0.3, 0.4) is 0 Å². The molecule has 0 bridgehead atoms. The van der Waals surface area contributed by atoms with Crippen molar-refractivity contribution in [3.05, 3.63) is 81.1 Å². The summed E-state index contributed by atoms with van der Waals surface area (Å²) in [4.78, 5) is 17.2. The molecule has 0 fully saturated rings. The highest BCUT2D eigenvalue weighted by atomic mass is 35.5. The highest BCUT2D eigenvalue weighted by Crippen LogP contribution is 2.35. The third-order valence-corrected chi connectivity index (χ3v) is 5.21. The van der Waals surface area contributed by atoms with Crippen molar-refractivity contribution in [2.24, 2.45) is 0 Å². The monoisotopic (exact) mass is 439 g/mol. The number of aryl methyl sites for hydroxylation is 1. The second-order valence-electron chi connectivity index (χ2n) is 6.98. The quantitative estimate of drug-likeness (QED) is 0.424. The highest BCUT2D eigenvalue weighted by molar-refractivity contribution is 6.30. The van der Waals surface area contributed by atoms with E-state index in [0.717, 1.165) is 5.56 Å². The number of fused-ring (bicyclic) bond motifs is 1. The predicted molar refractivity (Wildman–Crippen MR) is 118 cm³/mol. The van der Waals surface area contributed by atoms with Crippen molar-refractivity contribution in [2.75, 3.05) is 14.2 Å². The van der Waals surface area contributed by atoms with E-state index in [2.05, 4.69) is 10.1 Å². The summed E-state index contributed by atoms with van der Waals surface area (Å²) in [7, 11) is 2.98. The Morgan fingerprint density at radius 1 is 1.00 bits per heavy atom. The SMILES string of the molecule is COc1cc2c(-c3ccc(C)nc3F)nn(Cc3ccc(Cl)cc3)c(=O)c2cc1OC. The molecular weight excluding hydrogens is 421 g/mol. The lowest BCUT2D eigenvalue weighted by atomic mass is 10.0. The molecule has 8 heteroatoms. The molecule has 0 unspecified atom stereocenters. The van der Waals surface area contributed by atoms with Crippen molar-refractivity contribution in [2.45, 2.75) is 13.5 Å². The number of aromatic nitrogens is 3. The van der Waals surface area contributed by atoms with Crippen molar-refractivity contribution in [3.8, 4) is 22.8 Å². The molecule has 31 heavy (non-hydrogen) atoms. The van der Waals surface area contributed by atoms with Crippen molar-refractivity contribution in [1.29, 1.82) is 0 Å². The van der Waals surface area contributed by atoms with Gasteiger partial charge in [-0.2, -0.15) is 9.49 Å². The highest BCUT2D eigenvalue weighted by Gasteiger charge is 2.19. The summed E-state index contributed by atoms with van der Waals surface area (Å²) in [5.74, 6) is 0.137. The fraction of sp³-hybridized carbons (Fsp3) is 0.174. The Morgan fingerprint density at radius 3 is 2.26 bits per heavy atom. The van der Waals surface area contributed by atoms with Gasteiger partial charge >= 0.3 is 0 Å². The molecule has 4 rings (SSSR count). The number of pyridine rings is 1. The number of benzene rings is 2. The Bertz CT molecular complexity index is 1340. The number of nitrogens with zero attached hydrogens (tertiary/aromatic N) is 3. The third kappa shape index (κ3) is 3.96. The predicted octanol–water partition coefficient (Wildman–Crippen LogP) is 4.62. The third-order valence-electron chi connectivity index (χ3n) is 4.95. The molecule has 2 heterocycles. The zero-order valence-electron chi connectivity index (χ0n) is 17.1. The van der Waals surface area contributed by atoms with Crippen LogP contribution >= 0.6 is 11.6 Å². The molecule has 0 saturated carbocycles. The fourth-order valence-corrected chi connectivity index (χ4v) is 3.51. The molecule has 158 valence electrons. The number of rotatable bonds is 5. The minimum absolute atomic E-state index is 0.188. The van der Waals surface area contributed by atoms with Crippen LogP contribution in [0.1, 0.15) is 11.3 Å². The molecule has 0 aliphatic rings. The summed E-state index contributed by atoms with van der Waals surface area (Å²) in [6, 6.07) is 13.6. The summed E-state index contributed by atoms with van der Waals surface area (Å²) < 4.78 is 26.8. The van der Waals surface area contributed by atoms with E-state index in [9.17, 15) is 9.18 Å². The van der Waals surface area contributed by atoms with Gasteiger partial charge in [0.1, 0.15) is 5.69 Å². The maximum Gasteiger partial charge on any atom is 0.275 e. The number of hydrogen-bond donors (Lipinski definition) is 0. The van der Waals surface area contributed by atoms with E-state index < -0.39 is 5.95 Å². The average molecular weight is 440 g/mol. The number of hydrogen-bond acceptors (Lipinski definition) is 5. The Morgan fingerprint density at radius 2 is 1.65 bits per heavy atom. The topological polar surface area (TPSA) is 66.2 Å². The normalized spacial score (nSPS) is 11.0. The smallest absolute Gasteiger partial charge is 0.275 e. The molecule has 0 atom stereocenters. The lowest BCUT2D eigenvalue weighted by molar-refractivity contribution is 0.356. The van der Waals surface area contributed by atoms with E-state index in [0.29, 0.717) is 33.0 Å². The minimum Gasteiger partial charge on any atom is -0.493 e. The Kier molecular flexibility index (Phi) is 5.61. The van der Waals surface area contributed by atoms with Gasteiger partial charge < -0.3 is 9.47 Å². The maximum atomic E-state index is 14.8. The van der Waals surface area contributed by atoms with Crippen LogP contribution in [0.4, 0.5) is 4.39 Å². The summed E-state index contributed by atoms with van der Waals surface area (Å²) in [5.41, 5.74) is 1.50. The number of methoxy groups -OCH3 is 2. The summed E-state index contributed by atoms with van der Waals surface area (Å²) in [6.07, 6.45) is 0. The van der Waals surface area contributed by atoms with Crippen LogP contribution in [-0.4, -0.2) is 29.0 Å². The molecule has 6 nitrogen and oxygen atoms in total. The van der Waals surface area contributed by atoms with Crippen LogP contribution in [0, 0.1) is 12.9 Å². The second-order valence-corrected chi connectivity index (χ2v) is 7.42. The number of ether oxygens (including phenoxy) is 2. The van der Waals surface area contributed by atoms with Crippen LogP contribution in [0.2, 0.25) is 5.02 Å². The molecule has 4 aromatic rings. The first-order valence-corrected chi connectivity index (χ1v) is 9.84. The van der Waals surface area contributed by atoms with E-state index in [1.165, 1.54) is 18.9 Å². The van der Waals surface area contributed by atoms with Gasteiger partial charge in [0, 0.05) is 16.1 Å². The van der Waals surface area contributed by atoms with Crippen LogP contribution in [0.25, 0.3) is 22.0 Å². The van der Waals surface area contributed by atoms with Crippen LogP contribution in [-0.2, 0) is 6.54 Å². The van der Waals surface area contributed by atoms with E-state index in [-0.39, 0.29) is 23.4 Å². The van der Waals surface area contributed by atoms with Gasteiger partial charge in [0.2, 0.25) is 5.95 Å². The molecule has 0 aliphatic carbocycles. The van der Waals surface area contributed by atoms with Crippen molar-refractivity contribution >= 4 is 22.4 Å². The van der Waals surface area contributed by atoms with Crippen molar-refractivity contribution in [1.82, 2.24) is 14.8 Å². The zero-order valence-corrected chi connectivity index (χ0v) is 17.9. The van der Waals surface area contributed by atoms with Gasteiger partial charge in [-0.1, -0.05) is 23.7 Å². The Balaban J connectivity index is 2.01. The van der Waals surface area contributed by atoms with Gasteiger partial charge in [-0.25, -0.2) is 9.67 Å². The largest absolute Gasteiger partial charge is 0.493 e. The minimum atomic E-state index is -0.666. The van der Waals surface area contributed by atoms with E-state index in [1.54, 1.807) is 43.3 Å². The van der Waals surface area contributed by atoms with Crippen molar-refractivity contribution < 1.29 is 13.9 Å². The Hall–Kier alpha value is -3.45. The summed E-state index contributed by atoms with van der Waals surface area (Å²) in [5, 5.41) is 5.87. The molecular formula is C23H19ClFN3O3. The van der Waals surface area contributed by atoms with Crippen LogP contribution in [0.15, 0.2) is 53.3 Å². The van der Waals surface area contributed by atoms with Gasteiger partial charge in [-0.05, 0) is 48.9 Å². The second kappa shape index (κ2) is 8.35. The molecule has 0 N–H and O–H groups in total. The average Bonchev–Trinajstić information content (AvgIpc) is 2.76. The molecule has 0 radical (unpaired) electrons. The fourth-order valence-electron chi connectivity index (χ4n) is 3.38. The lowest BCUT2D eigenvalue weighted by Crippen LogP contribution is -2.24. The van der Waals surface area contributed by atoms with Crippen molar-refractivity contribution in [3.63, 3.8) is 0 Å². The first-order chi connectivity index (χ1) is 14.9. The van der Waals surface area contributed by atoms with Crippen LogP contribution < -0.4 is 15.0 Å². The van der Waals surface area contributed by atoms with E-state index in [1.807, 2.05) is 12.1 Å². The summed E-state index contributed by atoms with van der Waals surface area (Å²) >= 11 is 5.96. The molecule has 0 aliphatic heterocycles. The lowest BCUT2D eigenvalue weighted by Gasteiger charge is -2.15. The molecule has 2 aromatic heterocycles. The molecule has 0 saturated heterocycles. The van der Waals surface area contributed by atoms with Crippen LogP contribution in [0.5, 0.6) is 11.5 Å². The first kappa shape index (κ1) is 20.8. The number of halogens is 2. The van der Waals surface area contributed by atoms with Gasteiger partial charge in [0.15, 0.2) is 11.5 Å². The van der Waals surface area contributed by atoms with Gasteiger partial charge in [-0.15, -0.1) is 0 Å². The summed E-state index contributed by atoms with van der Waals surface area (Å²) in [6.45, 7) is 1.89. The maximum absolute atomic E-state index is 14.8. The van der Waals surface area contributed by atoms with E-state index in [4.69, 9.17) is 21.1 Å². The van der Waals surface area contributed by atoms with Gasteiger partial charge in [-0.3, -0.25) is 4.79 Å². The van der Waals surface area contributed by atoms with Gasteiger partial charge in [0.05, 0.1) is 31.7 Å². The van der Waals surface area contributed by atoms with E-state index >= 15 is 0 Å². The zero-order chi connectivity index (χ0) is 22.1.